The van der Waals surface area contributed by atoms with Gasteiger partial charge in [-0.3, -0.25) is 4.79 Å². The summed E-state index contributed by atoms with van der Waals surface area (Å²) in [5.41, 5.74) is -0.0963. The fourth-order valence-electron chi connectivity index (χ4n) is 3.30. The van der Waals surface area contributed by atoms with E-state index in [1.54, 1.807) is 13.8 Å². The molecule has 3 rings (SSSR count). The molecule has 1 aliphatic heterocycles. The maximum absolute atomic E-state index is 14.7. The predicted octanol–water partition coefficient (Wildman–Crippen LogP) is 3.89. The molecule has 1 aromatic carbocycles. The van der Waals surface area contributed by atoms with Gasteiger partial charge in [-0.25, -0.2) is 13.2 Å². The summed E-state index contributed by atoms with van der Waals surface area (Å²) in [5.74, 6) is -1.37. The molecule has 8 nitrogen and oxygen atoms in total. The molecule has 2 heterocycles. The zero-order chi connectivity index (χ0) is 23.3. The van der Waals surface area contributed by atoms with E-state index in [1.807, 2.05) is 0 Å². The number of ether oxygens (including phenoxy) is 4. The van der Waals surface area contributed by atoms with E-state index in [1.165, 1.54) is 19.2 Å². The Bertz CT molecular complexity index is 955. The van der Waals surface area contributed by atoms with Gasteiger partial charge in [0.1, 0.15) is 11.6 Å². The largest absolute Gasteiger partial charge is 0.467 e. The summed E-state index contributed by atoms with van der Waals surface area (Å²) in [6.07, 6.45) is -4.03. The molecule has 0 saturated carbocycles. The van der Waals surface area contributed by atoms with Gasteiger partial charge in [0, 0.05) is 5.56 Å². The van der Waals surface area contributed by atoms with E-state index in [9.17, 15) is 18.0 Å². The number of carbonyl (C=O) groups excluding carboxylic acids is 1. The van der Waals surface area contributed by atoms with Gasteiger partial charge in [-0.15, -0.1) is 0 Å². The maximum Gasteiger partial charge on any atom is 0.318 e. The average Bonchev–Trinajstić information content (AvgIpc) is 3.27. The molecule has 32 heavy (non-hydrogen) atoms. The number of nitrogens with zero attached hydrogens (tertiary/aromatic N) is 2. The molecule has 0 aliphatic carbocycles. The summed E-state index contributed by atoms with van der Waals surface area (Å²) in [5, 5.41) is 3.00. The Morgan fingerprint density at radius 2 is 1.94 bits per heavy atom. The topological polar surface area (TPSA) is 91.8 Å². The van der Waals surface area contributed by atoms with Crippen molar-refractivity contribution in [2.75, 3.05) is 32.2 Å². The standard InChI is InChI=1S/C21H24F3N3O5/c1-4-30-15(28)10-14-16(20-31-8-9-32-20)19(27-21(26-14)29-3)25-11(2)12-6-5-7-13(17(12)22)18(23)24/h5-7,11,18,20H,4,8-10H2,1-3H3,(H,25,26,27)/t11-/m1/s1. The van der Waals surface area contributed by atoms with Crippen LogP contribution in [0.2, 0.25) is 0 Å². The number of hydrogen-bond donors (Lipinski definition) is 1. The summed E-state index contributed by atoms with van der Waals surface area (Å²) in [7, 11) is 1.35. The molecule has 0 amide bonds. The molecule has 0 radical (unpaired) electrons. The number of nitrogens with one attached hydrogen (secondary N) is 1. The number of aromatic nitrogens is 2. The third-order valence-corrected chi connectivity index (χ3v) is 4.77. The molecule has 1 N–H and O–H groups in total. The minimum atomic E-state index is -2.95. The van der Waals surface area contributed by atoms with Crippen molar-refractivity contribution in [1.29, 1.82) is 0 Å². The highest BCUT2D eigenvalue weighted by molar-refractivity contribution is 5.73. The number of hydrogen-bond acceptors (Lipinski definition) is 8. The van der Waals surface area contributed by atoms with Crippen LogP contribution < -0.4 is 10.1 Å². The Morgan fingerprint density at radius 1 is 1.25 bits per heavy atom. The molecule has 1 aromatic heterocycles. The van der Waals surface area contributed by atoms with Crippen LogP contribution in [0.15, 0.2) is 18.2 Å². The van der Waals surface area contributed by atoms with E-state index in [0.29, 0.717) is 18.8 Å². The van der Waals surface area contributed by atoms with E-state index in [-0.39, 0.29) is 36.1 Å². The summed E-state index contributed by atoms with van der Waals surface area (Å²) >= 11 is 0. The molecule has 0 unspecified atom stereocenters. The molecule has 11 heteroatoms. The van der Waals surface area contributed by atoms with Gasteiger partial charge < -0.3 is 24.3 Å². The molecular formula is C21H24F3N3O5. The van der Waals surface area contributed by atoms with Crippen LogP contribution in [0.5, 0.6) is 6.01 Å². The third kappa shape index (κ3) is 5.28. The van der Waals surface area contributed by atoms with Crippen LogP contribution in [0.4, 0.5) is 19.0 Å². The molecule has 2 aromatic rings. The third-order valence-electron chi connectivity index (χ3n) is 4.77. The quantitative estimate of drug-likeness (QED) is 0.570. The van der Waals surface area contributed by atoms with Gasteiger partial charge in [0.15, 0.2) is 6.29 Å². The molecule has 1 atom stereocenters. The van der Waals surface area contributed by atoms with Crippen LogP contribution >= 0.6 is 0 Å². The minimum Gasteiger partial charge on any atom is -0.467 e. The molecule has 0 bridgehead atoms. The second-order valence-electron chi connectivity index (χ2n) is 6.89. The monoisotopic (exact) mass is 455 g/mol. The maximum atomic E-state index is 14.7. The summed E-state index contributed by atoms with van der Waals surface area (Å²) in [6.45, 7) is 4.09. The van der Waals surface area contributed by atoms with Crippen molar-refractivity contribution in [2.24, 2.45) is 0 Å². The second kappa shape index (κ2) is 10.6. The number of esters is 1. The fraction of sp³-hybridized carbons (Fsp3) is 0.476. The van der Waals surface area contributed by atoms with E-state index >= 15 is 0 Å². The predicted molar refractivity (Wildman–Crippen MR) is 107 cm³/mol. The number of benzene rings is 1. The first-order valence-corrected chi connectivity index (χ1v) is 10.0. The smallest absolute Gasteiger partial charge is 0.318 e. The van der Waals surface area contributed by atoms with Crippen molar-refractivity contribution in [1.82, 2.24) is 9.97 Å². The lowest BCUT2D eigenvalue weighted by Gasteiger charge is -2.22. The number of methoxy groups -OCH3 is 1. The van der Waals surface area contributed by atoms with E-state index in [2.05, 4.69) is 15.3 Å². The van der Waals surface area contributed by atoms with Crippen molar-refractivity contribution < 1.29 is 36.9 Å². The van der Waals surface area contributed by atoms with Crippen LogP contribution in [0.3, 0.4) is 0 Å². The second-order valence-corrected chi connectivity index (χ2v) is 6.89. The zero-order valence-electron chi connectivity index (χ0n) is 17.9. The lowest BCUT2D eigenvalue weighted by molar-refractivity contribution is -0.142. The fourth-order valence-corrected chi connectivity index (χ4v) is 3.30. The Kier molecular flexibility index (Phi) is 7.86. The Hall–Kier alpha value is -2.92. The number of anilines is 1. The van der Waals surface area contributed by atoms with Crippen LogP contribution in [0.1, 0.15) is 55.0 Å². The highest BCUT2D eigenvalue weighted by Gasteiger charge is 2.30. The lowest BCUT2D eigenvalue weighted by Crippen LogP contribution is -2.19. The molecule has 1 saturated heterocycles. The molecule has 1 fully saturated rings. The van der Waals surface area contributed by atoms with Gasteiger partial charge in [0.25, 0.3) is 6.43 Å². The number of carbonyl (C=O) groups is 1. The van der Waals surface area contributed by atoms with Gasteiger partial charge >= 0.3 is 12.0 Å². The van der Waals surface area contributed by atoms with E-state index in [4.69, 9.17) is 18.9 Å². The van der Waals surface area contributed by atoms with Crippen LogP contribution in [0, 0.1) is 5.82 Å². The first-order chi connectivity index (χ1) is 15.3. The van der Waals surface area contributed by atoms with Crippen LogP contribution in [-0.4, -0.2) is 42.9 Å². The van der Waals surface area contributed by atoms with Crippen molar-refractivity contribution in [3.8, 4) is 6.01 Å². The van der Waals surface area contributed by atoms with Crippen molar-refractivity contribution in [3.05, 3.63) is 46.4 Å². The Labute approximate surface area is 183 Å². The van der Waals surface area contributed by atoms with Crippen LogP contribution in [-0.2, 0) is 25.4 Å². The van der Waals surface area contributed by atoms with Gasteiger partial charge in [0.05, 0.1) is 56.2 Å². The number of halogens is 3. The first-order valence-electron chi connectivity index (χ1n) is 10.0. The van der Waals surface area contributed by atoms with Gasteiger partial charge in [-0.05, 0) is 13.8 Å². The van der Waals surface area contributed by atoms with Gasteiger partial charge in [-0.1, -0.05) is 18.2 Å². The lowest BCUT2D eigenvalue weighted by atomic mass is 10.0. The molecule has 0 spiro atoms. The highest BCUT2D eigenvalue weighted by Crippen LogP contribution is 2.35. The Balaban J connectivity index is 2.02. The average molecular weight is 455 g/mol. The molecular weight excluding hydrogens is 431 g/mol. The molecule has 1 aliphatic rings. The van der Waals surface area contributed by atoms with Crippen molar-refractivity contribution in [3.63, 3.8) is 0 Å². The van der Waals surface area contributed by atoms with Crippen molar-refractivity contribution >= 4 is 11.8 Å². The minimum absolute atomic E-state index is 0.0199. The summed E-state index contributed by atoms with van der Waals surface area (Å²) in [4.78, 5) is 20.7. The first kappa shape index (κ1) is 23.7. The number of rotatable bonds is 9. The van der Waals surface area contributed by atoms with E-state index in [0.717, 1.165) is 6.07 Å². The normalized spacial score (nSPS) is 15.1. The highest BCUT2D eigenvalue weighted by atomic mass is 19.3. The van der Waals surface area contributed by atoms with Gasteiger partial charge in [0.2, 0.25) is 0 Å². The zero-order valence-corrected chi connectivity index (χ0v) is 17.9. The summed E-state index contributed by atoms with van der Waals surface area (Å²) < 4.78 is 62.3. The van der Waals surface area contributed by atoms with Gasteiger partial charge in [-0.2, -0.15) is 9.97 Å². The van der Waals surface area contributed by atoms with Crippen molar-refractivity contribution in [2.45, 2.75) is 39.0 Å². The summed E-state index contributed by atoms with van der Waals surface area (Å²) in [6, 6.07) is 2.97. The molecule has 174 valence electrons. The van der Waals surface area contributed by atoms with Crippen LogP contribution in [0.25, 0.3) is 0 Å². The Morgan fingerprint density at radius 3 is 2.56 bits per heavy atom. The number of alkyl halides is 2. The SMILES string of the molecule is CCOC(=O)Cc1nc(OC)nc(N[C@H](C)c2cccc(C(F)F)c2F)c1C1OCCO1. The van der Waals surface area contributed by atoms with E-state index < -0.39 is 36.1 Å².